The van der Waals surface area contributed by atoms with Crippen LogP contribution in [0.15, 0.2) is 29.2 Å². The molecule has 0 spiro atoms. The van der Waals surface area contributed by atoms with Crippen molar-refractivity contribution in [2.45, 2.75) is 30.2 Å². The van der Waals surface area contributed by atoms with Gasteiger partial charge in [0.15, 0.2) is 9.84 Å². The van der Waals surface area contributed by atoms with Crippen LogP contribution < -0.4 is 5.32 Å². The summed E-state index contributed by atoms with van der Waals surface area (Å²) in [6.07, 6.45) is 2.09. The van der Waals surface area contributed by atoms with Crippen LogP contribution in [0.3, 0.4) is 0 Å². The second kappa shape index (κ2) is 6.65. The van der Waals surface area contributed by atoms with Gasteiger partial charge in [-0.1, -0.05) is 11.6 Å². The highest BCUT2D eigenvalue weighted by Crippen LogP contribution is 2.21. The van der Waals surface area contributed by atoms with Crippen molar-refractivity contribution in [3.8, 4) is 0 Å². The molecule has 1 saturated heterocycles. The van der Waals surface area contributed by atoms with Crippen LogP contribution in [-0.4, -0.2) is 51.3 Å². The fourth-order valence-electron chi connectivity index (χ4n) is 2.53. The van der Waals surface area contributed by atoms with E-state index in [1.165, 1.54) is 0 Å². The predicted molar refractivity (Wildman–Crippen MR) is 86.6 cm³/mol. The van der Waals surface area contributed by atoms with E-state index in [-0.39, 0.29) is 11.3 Å². The number of rotatable bonds is 5. The third kappa shape index (κ3) is 4.42. The minimum Gasteiger partial charge on any atom is -0.314 e. The number of halogens is 1. The third-order valence-corrected chi connectivity index (χ3v) is 6.37. The average molecular weight is 331 g/mol. The van der Waals surface area contributed by atoms with Crippen molar-refractivity contribution in [3.05, 3.63) is 29.3 Å². The maximum Gasteiger partial charge on any atom is 0.179 e. The molecule has 0 unspecified atom stereocenters. The minimum atomic E-state index is -3.23. The standard InChI is InChI=1S/C15H23ClN2O2S/c1-15(17-2)7-9-18(10-8-15)11-12-21(19,20)14-5-3-13(16)4-6-14/h3-6,17H,7-12H2,1-2H3. The van der Waals surface area contributed by atoms with Crippen molar-refractivity contribution in [3.63, 3.8) is 0 Å². The monoisotopic (exact) mass is 330 g/mol. The Kier molecular flexibility index (Phi) is 5.30. The molecule has 4 nitrogen and oxygen atoms in total. The molecule has 118 valence electrons. The van der Waals surface area contributed by atoms with Crippen molar-refractivity contribution in [1.82, 2.24) is 10.2 Å². The molecule has 1 aromatic carbocycles. The fourth-order valence-corrected chi connectivity index (χ4v) is 3.94. The van der Waals surface area contributed by atoms with E-state index in [0.717, 1.165) is 25.9 Å². The van der Waals surface area contributed by atoms with Gasteiger partial charge in [-0.3, -0.25) is 0 Å². The molecule has 0 aliphatic carbocycles. The highest BCUT2D eigenvalue weighted by Gasteiger charge is 2.28. The molecule has 1 aliphatic heterocycles. The van der Waals surface area contributed by atoms with Gasteiger partial charge in [0.25, 0.3) is 0 Å². The molecule has 0 saturated carbocycles. The molecule has 0 bridgehead atoms. The van der Waals surface area contributed by atoms with Crippen LogP contribution in [-0.2, 0) is 9.84 Å². The molecule has 1 heterocycles. The van der Waals surface area contributed by atoms with Gasteiger partial charge < -0.3 is 10.2 Å². The van der Waals surface area contributed by atoms with Gasteiger partial charge in [-0.05, 0) is 64.2 Å². The van der Waals surface area contributed by atoms with Crippen LogP contribution in [0.5, 0.6) is 0 Å². The Morgan fingerprint density at radius 1 is 1.24 bits per heavy atom. The van der Waals surface area contributed by atoms with Crippen molar-refractivity contribution in [2.75, 3.05) is 32.4 Å². The van der Waals surface area contributed by atoms with Gasteiger partial charge in [0.2, 0.25) is 0 Å². The lowest BCUT2D eigenvalue weighted by Gasteiger charge is -2.39. The summed E-state index contributed by atoms with van der Waals surface area (Å²) in [5.74, 6) is 0.158. The summed E-state index contributed by atoms with van der Waals surface area (Å²) >= 11 is 5.79. The largest absolute Gasteiger partial charge is 0.314 e. The smallest absolute Gasteiger partial charge is 0.179 e. The lowest BCUT2D eigenvalue weighted by Crippen LogP contribution is -2.50. The zero-order chi connectivity index (χ0) is 15.5. The van der Waals surface area contributed by atoms with Crippen LogP contribution in [0.2, 0.25) is 5.02 Å². The summed E-state index contributed by atoms with van der Waals surface area (Å²) in [5, 5.41) is 3.90. The molecule has 21 heavy (non-hydrogen) atoms. The van der Waals surface area contributed by atoms with Crippen LogP contribution >= 0.6 is 11.6 Å². The number of piperidine rings is 1. The highest BCUT2D eigenvalue weighted by atomic mass is 35.5. The zero-order valence-electron chi connectivity index (χ0n) is 12.6. The van der Waals surface area contributed by atoms with E-state index in [2.05, 4.69) is 17.1 Å². The van der Waals surface area contributed by atoms with Crippen molar-refractivity contribution in [2.24, 2.45) is 0 Å². The number of benzene rings is 1. The second-order valence-corrected chi connectivity index (χ2v) is 8.47. The van der Waals surface area contributed by atoms with Crippen molar-refractivity contribution >= 4 is 21.4 Å². The summed E-state index contributed by atoms with van der Waals surface area (Å²) in [4.78, 5) is 2.58. The van der Waals surface area contributed by atoms with Gasteiger partial charge in [0.05, 0.1) is 10.6 Å². The number of sulfone groups is 1. The Labute approximate surface area is 132 Å². The van der Waals surface area contributed by atoms with E-state index in [1.807, 2.05) is 7.05 Å². The van der Waals surface area contributed by atoms with E-state index in [0.29, 0.717) is 16.5 Å². The molecule has 0 atom stereocenters. The van der Waals surface area contributed by atoms with E-state index in [4.69, 9.17) is 11.6 Å². The van der Waals surface area contributed by atoms with E-state index < -0.39 is 9.84 Å². The Morgan fingerprint density at radius 2 is 1.81 bits per heavy atom. The number of likely N-dealkylation sites (tertiary alicyclic amines) is 1. The van der Waals surface area contributed by atoms with E-state index >= 15 is 0 Å². The molecule has 0 amide bonds. The average Bonchev–Trinajstić information content (AvgIpc) is 2.47. The first-order chi connectivity index (χ1) is 9.85. The zero-order valence-corrected chi connectivity index (χ0v) is 14.2. The lowest BCUT2D eigenvalue weighted by atomic mass is 9.90. The first-order valence-corrected chi connectivity index (χ1v) is 9.27. The quantitative estimate of drug-likeness (QED) is 0.899. The summed E-state index contributed by atoms with van der Waals surface area (Å²) in [6, 6.07) is 6.39. The number of nitrogens with zero attached hydrogens (tertiary/aromatic N) is 1. The van der Waals surface area contributed by atoms with Gasteiger partial charge in [-0.15, -0.1) is 0 Å². The number of hydrogen-bond acceptors (Lipinski definition) is 4. The van der Waals surface area contributed by atoms with Crippen LogP contribution in [0.25, 0.3) is 0 Å². The normalized spacial score (nSPS) is 19.6. The van der Waals surface area contributed by atoms with Gasteiger partial charge in [0, 0.05) is 17.1 Å². The minimum absolute atomic E-state index is 0.158. The van der Waals surface area contributed by atoms with Gasteiger partial charge >= 0.3 is 0 Å². The third-order valence-electron chi connectivity index (χ3n) is 4.41. The van der Waals surface area contributed by atoms with Crippen LogP contribution in [0.1, 0.15) is 19.8 Å². The Bertz CT molecular complexity index is 564. The fraction of sp³-hybridized carbons (Fsp3) is 0.600. The lowest BCUT2D eigenvalue weighted by molar-refractivity contribution is 0.159. The summed E-state index contributed by atoms with van der Waals surface area (Å²) in [6.45, 7) is 4.68. The van der Waals surface area contributed by atoms with Crippen LogP contribution in [0.4, 0.5) is 0 Å². The summed E-state index contributed by atoms with van der Waals surface area (Å²) in [7, 11) is -1.24. The first-order valence-electron chi connectivity index (χ1n) is 7.24. The molecular formula is C15H23ClN2O2S. The predicted octanol–water partition coefficient (Wildman–Crippen LogP) is 2.19. The molecule has 0 aromatic heterocycles. The highest BCUT2D eigenvalue weighted by molar-refractivity contribution is 7.91. The van der Waals surface area contributed by atoms with Crippen molar-refractivity contribution in [1.29, 1.82) is 0 Å². The Balaban J connectivity index is 1.90. The van der Waals surface area contributed by atoms with Gasteiger partial charge in [-0.25, -0.2) is 8.42 Å². The molecule has 1 aromatic rings. The number of hydrogen-bond donors (Lipinski definition) is 1. The number of nitrogens with one attached hydrogen (secondary N) is 1. The van der Waals surface area contributed by atoms with Crippen LogP contribution in [0, 0.1) is 0 Å². The van der Waals surface area contributed by atoms with Gasteiger partial charge in [0.1, 0.15) is 0 Å². The SMILES string of the molecule is CNC1(C)CCN(CCS(=O)(=O)c2ccc(Cl)cc2)CC1. The first kappa shape index (κ1) is 16.7. The maximum absolute atomic E-state index is 12.3. The molecule has 2 rings (SSSR count). The van der Waals surface area contributed by atoms with Gasteiger partial charge in [-0.2, -0.15) is 0 Å². The van der Waals surface area contributed by atoms with E-state index in [9.17, 15) is 8.42 Å². The summed E-state index contributed by atoms with van der Waals surface area (Å²) in [5.41, 5.74) is 0.186. The molecular weight excluding hydrogens is 308 g/mol. The Morgan fingerprint density at radius 3 is 2.33 bits per heavy atom. The molecule has 1 fully saturated rings. The Hall–Kier alpha value is -0.620. The van der Waals surface area contributed by atoms with Crippen molar-refractivity contribution < 1.29 is 8.42 Å². The second-order valence-electron chi connectivity index (χ2n) is 5.93. The molecule has 6 heteroatoms. The molecule has 1 aliphatic rings. The molecule has 1 N–H and O–H groups in total. The molecule has 0 radical (unpaired) electrons. The maximum atomic E-state index is 12.3. The topological polar surface area (TPSA) is 49.4 Å². The summed E-state index contributed by atoms with van der Waals surface area (Å²) < 4.78 is 24.6. The van der Waals surface area contributed by atoms with E-state index in [1.54, 1.807) is 24.3 Å².